The lowest BCUT2D eigenvalue weighted by molar-refractivity contribution is -0.120. The van der Waals surface area contributed by atoms with Gasteiger partial charge in [-0.25, -0.2) is 8.78 Å². The maximum absolute atomic E-state index is 13.7. The molecular formula is C28H39F2N3O2. The Morgan fingerprint density at radius 2 is 1.83 bits per heavy atom. The van der Waals surface area contributed by atoms with Crippen molar-refractivity contribution in [2.75, 3.05) is 19.6 Å². The van der Waals surface area contributed by atoms with Crippen LogP contribution in [-0.4, -0.2) is 42.8 Å². The molecule has 2 aromatic rings. The summed E-state index contributed by atoms with van der Waals surface area (Å²) in [6.07, 6.45) is 1.91. The van der Waals surface area contributed by atoms with Gasteiger partial charge < -0.3 is 21.1 Å². The van der Waals surface area contributed by atoms with Gasteiger partial charge in [-0.05, 0) is 73.0 Å². The molecule has 1 aliphatic rings. The molecule has 1 saturated heterocycles. The van der Waals surface area contributed by atoms with E-state index >= 15 is 0 Å². The van der Waals surface area contributed by atoms with Gasteiger partial charge in [0.25, 0.3) is 0 Å². The minimum atomic E-state index is -0.955. The van der Waals surface area contributed by atoms with Gasteiger partial charge in [0.15, 0.2) is 0 Å². The molecule has 1 amide bonds. The number of aliphatic hydroxyl groups excluding tert-OH is 1. The molecule has 1 aliphatic heterocycles. The number of hydrogen-bond acceptors (Lipinski definition) is 4. The highest BCUT2D eigenvalue weighted by atomic mass is 19.1. The van der Waals surface area contributed by atoms with E-state index in [1.165, 1.54) is 30.2 Å². The van der Waals surface area contributed by atoms with E-state index in [0.29, 0.717) is 5.56 Å². The van der Waals surface area contributed by atoms with Crippen LogP contribution in [0.1, 0.15) is 63.6 Å². The second kappa shape index (κ2) is 11.6. The SMILES string of the molecule is CC(=O)N[C@@H](Cc1cc(F)cc(F)c1)[C@H](O)CN[C@]1(c2cccc(C(C)(C)C)c2)CCCNCC1. The van der Waals surface area contributed by atoms with Crippen LogP contribution in [0, 0.1) is 11.6 Å². The Morgan fingerprint density at radius 3 is 2.49 bits per heavy atom. The Balaban J connectivity index is 1.83. The lowest BCUT2D eigenvalue weighted by Crippen LogP contribution is -2.52. The summed E-state index contributed by atoms with van der Waals surface area (Å²) < 4.78 is 27.4. The van der Waals surface area contributed by atoms with Crippen LogP contribution < -0.4 is 16.0 Å². The summed E-state index contributed by atoms with van der Waals surface area (Å²) in [5.74, 6) is -1.67. The van der Waals surface area contributed by atoms with Crippen LogP contribution in [0.2, 0.25) is 0 Å². The fourth-order valence-corrected chi connectivity index (χ4v) is 4.89. The highest BCUT2D eigenvalue weighted by Gasteiger charge is 2.34. The zero-order chi connectivity index (χ0) is 25.6. The normalized spacial score (nSPS) is 20.7. The van der Waals surface area contributed by atoms with E-state index in [2.05, 4.69) is 61.0 Å². The van der Waals surface area contributed by atoms with Gasteiger partial charge in [-0.3, -0.25) is 4.79 Å². The number of rotatable bonds is 8. The third-order valence-corrected chi connectivity index (χ3v) is 6.85. The molecule has 35 heavy (non-hydrogen) atoms. The molecule has 4 N–H and O–H groups in total. The van der Waals surface area contributed by atoms with E-state index in [1.807, 2.05) is 0 Å². The van der Waals surface area contributed by atoms with Crippen molar-refractivity contribution in [3.05, 3.63) is 70.8 Å². The molecular weight excluding hydrogens is 448 g/mol. The van der Waals surface area contributed by atoms with Crippen molar-refractivity contribution in [3.63, 3.8) is 0 Å². The predicted molar refractivity (Wildman–Crippen MR) is 135 cm³/mol. The molecule has 5 nitrogen and oxygen atoms in total. The molecule has 0 unspecified atom stereocenters. The Bertz CT molecular complexity index is 978. The average molecular weight is 488 g/mol. The summed E-state index contributed by atoms with van der Waals surface area (Å²) in [7, 11) is 0. The predicted octanol–water partition coefficient (Wildman–Crippen LogP) is 3.93. The Morgan fingerprint density at radius 1 is 1.11 bits per heavy atom. The molecule has 1 heterocycles. The number of benzene rings is 2. The summed E-state index contributed by atoms with van der Waals surface area (Å²) in [4.78, 5) is 11.9. The quantitative estimate of drug-likeness (QED) is 0.455. The third-order valence-electron chi connectivity index (χ3n) is 6.85. The molecule has 7 heteroatoms. The highest BCUT2D eigenvalue weighted by molar-refractivity contribution is 5.73. The number of aliphatic hydroxyl groups is 1. The molecule has 192 valence electrons. The molecule has 1 fully saturated rings. The minimum Gasteiger partial charge on any atom is -0.390 e. The second-order valence-corrected chi connectivity index (χ2v) is 10.8. The number of carbonyl (C=O) groups is 1. The van der Waals surface area contributed by atoms with Gasteiger partial charge in [0.05, 0.1) is 12.1 Å². The second-order valence-electron chi connectivity index (χ2n) is 10.8. The summed E-state index contributed by atoms with van der Waals surface area (Å²) in [6.45, 7) is 9.96. The van der Waals surface area contributed by atoms with Gasteiger partial charge in [0.2, 0.25) is 5.91 Å². The zero-order valence-electron chi connectivity index (χ0n) is 21.3. The topological polar surface area (TPSA) is 73.4 Å². The lowest BCUT2D eigenvalue weighted by atomic mass is 9.79. The summed E-state index contributed by atoms with van der Waals surface area (Å²) in [5, 5.41) is 21.0. The number of nitrogens with one attached hydrogen (secondary N) is 3. The van der Waals surface area contributed by atoms with Crippen molar-refractivity contribution >= 4 is 5.91 Å². The highest BCUT2D eigenvalue weighted by Crippen LogP contribution is 2.34. The first-order valence-electron chi connectivity index (χ1n) is 12.5. The van der Waals surface area contributed by atoms with Gasteiger partial charge >= 0.3 is 0 Å². The number of amides is 1. The molecule has 0 saturated carbocycles. The molecule has 0 bridgehead atoms. The molecule has 3 atom stereocenters. The van der Waals surface area contributed by atoms with Crippen LogP contribution >= 0.6 is 0 Å². The van der Waals surface area contributed by atoms with Crippen LogP contribution in [0.25, 0.3) is 0 Å². The molecule has 3 rings (SSSR count). The van der Waals surface area contributed by atoms with E-state index in [9.17, 15) is 18.7 Å². The van der Waals surface area contributed by atoms with Crippen LogP contribution in [-0.2, 0) is 22.2 Å². The van der Waals surface area contributed by atoms with Gasteiger partial charge in [-0.15, -0.1) is 0 Å². The Hall–Kier alpha value is -2.35. The maximum Gasteiger partial charge on any atom is 0.217 e. The zero-order valence-corrected chi connectivity index (χ0v) is 21.3. The van der Waals surface area contributed by atoms with E-state index in [-0.39, 0.29) is 29.8 Å². The standard InChI is InChI=1S/C28H39F2N3O2/c1-19(34)33-25(15-20-13-23(29)17-24(30)14-20)26(35)18-32-28(9-6-11-31-12-10-28)22-8-5-7-21(16-22)27(2,3)4/h5,7-8,13-14,16-17,25-26,31-32,35H,6,9-12,15,18H2,1-4H3,(H,33,34)/t25-,26+,28+/m0/s1. The molecule has 0 spiro atoms. The largest absolute Gasteiger partial charge is 0.390 e. The monoisotopic (exact) mass is 487 g/mol. The fourth-order valence-electron chi connectivity index (χ4n) is 4.89. The van der Waals surface area contributed by atoms with Gasteiger partial charge in [-0.2, -0.15) is 0 Å². The molecule has 0 radical (unpaired) electrons. The smallest absolute Gasteiger partial charge is 0.217 e. The van der Waals surface area contributed by atoms with Crippen molar-refractivity contribution in [2.45, 2.75) is 76.5 Å². The first-order chi connectivity index (χ1) is 16.5. The van der Waals surface area contributed by atoms with E-state index < -0.39 is 23.8 Å². The van der Waals surface area contributed by atoms with Gasteiger partial charge in [0, 0.05) is 25.1 Å². The number of carbonyl (C=O) groups excluding carboxylic acids is 1. The summed E-state index contributed by atoms with van der Waals surface area (Å²) in [6, 6.07) is 11.2. The Labute approximate surface area is 207 Å². The van der Waals surface area contributed by atoms with E-state index in [0.717, 1.165) is 38.4 Å². The average Bonchev–Trinajstić information content (AvgIpc) is 3.02. The molecule has 0 aromatic heterocycles. The van der Waals surface area contributed by atoms with Crippen LogP contribution in [0.5, 0.6) is 0 Å². The third kappa shape index (κ3) is 7.56. The maximum atomic E-state index is 13.7. The first-order valence-corrected chi connectivity index (χ1v) is 12.5. The van der Waals surface area contributed by atoms with Crippen LogP contribution in [0.15, 0.2) is 42.5 Å². The van der Waals surface area contributed by atoms with Gasteiger partial charge in [0.1, 0.15) is 11.6 Å². The van der Waals surface area contributed by atoms with Crippen molar-refractivity contribution in [3.8, 4) is 0 Å². The van der Waals surface area contributed by atoms with E-state index in [1.54, 1.807) is 0 Å². The fraction of sp³-hybridized carbons (Fsp3) is 0.536. The summed E-state index contributed by atoms with van der Waals surface area (Å²) in [5.41, 5.74) is 2.49. The van der Waals surface area contributed by atoms with Crippen molar-refractivity contribution < 1.29 is 18.7 Å². The molecule has 0 aliphatic carbocycles. The Kier molecular flexibility index (Phi) is 9.02. The number of hydrogen-bond donors (Lipinski definition) is 4. The van der Waals surface area contributed by atoms with Gasteiger partial charge in [-0.1, -0.05) is 45.0 Å². The number of halogens is 2. The van der Waals surface area contributed by atoms with Crippen LogP contribution in [0.3, 0.4) is 0 Å². The lowest BCUT2D eigenvalue weighted by Gasteiger charge is -2.37. The van der Waals surface area contributed by atoms with E-state index in [4.69, 9.17) is 0 Å². The first kappa shape index (κ1) is 27.2. The van der Waals surface area contributed by atoms with Crippen molar-refractivity contribution in [1.82, 2.24) is 16.0 Å². The van der Waals surface area contributed by atoms with Crippen LogP contribution in [0.4, 0.5) is 8.78 Å². The van der Waals surface area contributed by atoms with Crippen molar-refractivity contribution in [2.24, 2.45) is 0 Å². The van der Waals surface area contributed by atoms with Crippen molar-refractivity contribution in [1.29, 1.82) is 0 Å². The molecule has 2 aromatic carbocycles. The minimum absolute atomic E-state index is 0.0103. The summed E-state index contributed by atoms with van der Waals surface area (Å²) >= 11 is 0.